The van der Waals surface area contributed by atoms with Crippen molar-refractivity contribution in [1.82, 2.24) is 19.5 Å². The van der Waals surface area contributed by atoms with Gasteiger partial charge in [-0.3, -0.25) is 9.36 Å². The first-order valence-corrected chi connectivity index (χ1v) is 15.4. The zero-order valence-electron chi connectivity index (χ0n) is 22.0. The molecule has 0 radical (unpaired) electrons. The number of ether oxygens (including phenoxy) is 1. The van der Waals surface area contributed by atoms with E-state index in [0.717, 1.165) is 40.9 Å². The number of carbonyl (C=O) groups excluding carboxylic acids is 1. The Morgan fingerprint density at radius 2 is 2.06 bits per heavy atom. The number of hydrogen-bond donors (Lipinski definition) is 2. The van der Waals surface area contributed by atoms with E-state index in [1.54, 1.807) is 13.4 Å². The minimum atomic E-state index is -2.35. The van der Waals surface area contributed by atoms with Crippen LogP contribution in [0.4, 0.5) is 11.8 Å². The van der Waals surface area contributed by atoms with Crippen molar-refractivity contribution in [3.8, 4) is 5.75 Å². The first-order valence-electron chi connectivity index (χ1n) is 12.1. The predicted molar refractivity (Wildman–Crippen MR) is 146 cm³/mol. The van der Waals surface area contributed by atoms with Gasteiger partial charge in [0.05, 0.1) is 18.1 Å². The third kappa shape index (κ3) is 4.57. The number of rotatable bonds is 7. The molecule has 2 aromatic heterocycles. The van der Waals surface area contributed by atoms with Crippen molar-refractivity contribution in [3.63, 3.8) is 0 Å². The molecule has 3 aromatic rings. The molecule has 4 rings (SSSR count). The standard InChI is InChI=1S/C25H35ClN6O3Si/c1-14-17(21-18(10-19(14)35-5)32(13-28-21)15(2)33)12-31-11-16(8-9-25(3,4)36(6,7)34)20-22(26)29-24(27)30-23(20)31/h10,13,16,34H,8-9,11-12H2,1-7H3,(H2,27,29,30). The average molecular weight is 531 g/mol. The molecular weight excluding hydrogens is 496 g/mol. The molecule has 0 amide bonds. The second kappa shape index (κ2) is 9.31. The maximum Gasteiger partial charge on any atom is 0.229 e. The van der Waals surface area contributed by atoms with Crippen LogP contribution < -0.4 is 15.4 Å². The van der Waals surface area contributed by atoms with Crippen LogP contribution in [0.25, 0.3) is 11.0 Å². The number of nitrogens with zero attached hydrogens (tertiary/aromatic N) is 5. The first-order chi connectivity index (χ1) is 16.7. The Morgan fingerprint density at radius 1 is 1.36 bits per heavy atom. The molecule has 194 valence electrons. The summed E-state index contributed by atoms with van der Waals surface area (Å²) in [5, 5.41) is 0.216. The van der Waals surface area contributed by atoms with E-state index in [1.807, 2.05) is 26.1 Å². The molecule has 9 nitrogen and oxygen atoms in total. The average Bonchev–Trinajstić information content (AvgIpc) is 3.34. The van der Waals surface area contributed by atoms with Crippen molar-refractivity contribution in [2.24, 2.45) is 0 Å². The molecule has 0 fully saturated rings. The van der Waals surface area contributed by atoms with E-state index in [-0.39, 0.29) is 22.8 Å². The SMILES string of the molecule is COc1cc2c(ncn2C(C)=O)c(CN2CC(CCC(C)(C)[Si](C)(C)O)c3c(Cl)nc(N)nc32)c1C. The zero-order chi connectivity index (χ0) is 26.6. The van der Waals surface area contributed by atoms with Crippen molar-refractivity contribution in [2.75, 3.05) is 24.3 Å². The lowest BCUT2D eigenvalue weighted by molar-refractivity contribution is 0.0941. The highest BCUT2D eigenvalue weighted by atomic mass is 35.5. The van der Waals surface area contributed by atoms with Crippen LogP contribution in [0.2, 0.25) is 23.3 Å². The summed E-state index contributed by atoms with van der Waals surface area (Å²) in [4.78, 5) is 38.5. The topological polar surface area (TPSA) is 119 Å². The molecule has 0 saturated heterocycles. The Morgan fingerprint density at radius 3 is 2.67 bits per heavy atom. The van der Waals surface area contributed by atoms with Crippen molar-refractivity contribution in [2.45, 2.75) is 71.1 Å². The number of fused-ring (bicyclic) bond motifs is 2. The second-order valence-corrected chi connectivity index (χ2v) is 15.7. The van der Waals surface area contributed by atoms with Crippen molar-refractivity contribution >= 4 is 48.6 Å². The number of halogens is 1. The minimum Gasteiger partial charge on any atom is -0.496 e. The maximum absolute atomic E-state index is 12.2. The van der Waals surface area contributed by atoms with Crippen LogP contribution in [0.1, 0.15) is 61.0 Å². The van der Waals surface area contributed by atoms with Gasteiger partial charge in [0.15, 0.2) is 8.32 Å². The van der Waals surface area contributed by atoms with Gasteiger partial charge in [-0.05, 0) is 43.5 Å². The maximum atomic E-state index is 12.2. The summed E-state index contributed by atoms with van der Waals surface area (Å²) in [7, 11) is -0.734. The van der Waals surface area contributed by atoms with Crippen LogP contribution in [0.5, 0.6) is 5.75 Å². The fourth-order valence-electron chi connectivity index (χ4n) is 4.83. The Balaban J connectivity index is 1.75. The molecule has 3 heterocycles. The number of carbonyl (C=O) groups is 1. The number of anilines is 2. The fraction of sp³-hybridized carbons (Fsp3) is 0.520. The summed E-state index contributed by atoms with van der Waals surface area (Å²) in [6, 6.07) is 1.85. The van der Waals surface area contributed by atoms with Gasteiger partial charge in [-0.2, -0.15) is 4.98 Å². The third-order valence-electron chi connectivity index (χ3n) is 7.91. The number of aromatic nitrogens is 4. The molecule has 36 heavy (non-hydrogen) atoms. The summed E-state index contributed by atoms with van der Waals surface area (Å²) < 4.78 is 7.17. The van der Waals surface area contributed by atoms with Gasteiger partial charge < -0.3 is 20.2 Å². The van der Waals surface area contributed by atoms with Crippen molar-refractivity contribution < 1.29 is 14.3 Å². The molecule has 1 aromatic carbocycles. The Bertz CT molecular complexity index is 1330. The van der Waals surface area contributed by atoms with Crippen LogP contribution in [0.15, 0.2) is 12.4 Å². The van der Waals surface area contributed by atoms with E-state index < -0.39 is 8.32 Å². The van der Waals surface area contributed by atoms with Gasteiger partial charge >= 0.3 is 0 Å². The summed E-state index contributed by atoms with van der Waals surface area (Å²) in [6.45, 7) is 12.9. The minimum absolute atomic E-state index is 0.0971. The number of hydrogen-bond acceptors (Lipinski definition) is 8. The monoisotopic (exact) mass is 530 g/mol. The molecule has 1 aliphatic rings. The summed E-state index contributed by atoms with van der Waals surface area (Å²) >= 11 is 6.62. The Kier molecular flexibility index (Phi) is 6.82. The van der Waals surface area contributed by atoms with Gasteiger partial charge in [0.2, 0.25) is 11.9 Å². The van der Waals surface area contributed by atoms with Gasteiger partial charge in [-0.1, -0.05) is 25.4 Å². The van der Waals surface area contributed by atoms with E-state index in [0.29, 0.717) is 29.5 Å². The van der Waals surface area contributed by atoms with Crippen LogP contribution in [-0.2, 0) is 6.54 Å². The smallest absolute Gasteiger partial charge is 0.229 e. The quantitative estimate of drug-likeness (QED) is 0.327. The lowest BCUT2D eigenvalue weighted by atomic mass is 9.94. The number of benzene rings is 1. The highest BCUT2D eigenvalue weighted by Gasteiger charge is 2.40. The van der Waals surface area contributed by atoms with Crippen LogP contribution >= 0.6 is 11.6 Å². The molecule has 3 N–H and O–H groups in total. The van der Waals surface area contributed by atoms with E-state index >= 15 is 0 Å². The van der Waals surface area contributed by atoms with E-state index in [4.69, 9.17) is 22.1 Å². The molecule has 0 aliphatic carbocycles. The van der Waals surface area contributed by atoms with Crippen LogP contribution in [-0.4, -0.2) is 52.2 Å². The van der Waals surface area contributed by atoms with Crippen LogP contribution in [0, 0.1) is 6.92 Å². The number of imidazole rings is 1. The van der Waals surface area contributed by atoms with Gasteiger partial charge in [0.25, 0.3) is 0 Å². The van der Waals surface area contributed by atoms with Gasteiger partial charge in [-0.15, -0.1) is 0 Å². The number of nitrogen functional groups attached to an aromatic ring is 1. The summed E-state index contributed by atoms with van der Waals surface area (Å²) in [6.07, 6.45) is 3.24. The van der Waals surface area contributed by atoms with E-state index in [1.165, 1.54) is 11.5 Å². The molecule has 11 heteroatoms. The highest BCUT2D eigenvalue weighted by Crippen LogP contribution is 2.47. The highest BCUT2D eigenvalue weighted by molar-refractivity contribution is 6.72. The fourth-order valence-corrected chi connectivity index (χ4v) is 5.91. The number of methoxy groups -OCH3 is 1. The zero-order valence-corrected chi connectivity index (χ0v) is 23.8. The molecule has 0 spiro atoms. The molecule has 1 aliphatic heterocycles. The van der Waals surface area contributed by atoms with Crippen LogP contribution in [0.3, 0.4) is 0 Å². The van der Waals surface area contributed by atoms with Crippen molar-refractivity contribution in [3.05, 3.63) is 34.2 Å². The first kappa shape index (κ1) is 26.4. The third-order valence-corrected chi connectivity index (χ3v) is 11.8. The lowest BCUT2D eigenvalue weighted by Crippen LogP contribution is -2.39. The molecule has 0 bridgehead atoms. The number of nitrogens with two attached hydrogens (primary N) is 1. The van der Waals surface area contributed by atoms with E-state index in [2.05, 4.69) is 33.7 Å². The second-order valence-electron chi connectivity index (χ2n) is 10.9. The summed E-state index contributed by atoms with van der Waals surface area (Å²) in [5.41, 5.74) is 10.2. The Hall–Kier alpha value is -2.69. The van der Waals surface area contributed by atoms with Gasteiger partial charge in [0, 0.05) is 43.1 Å². The van der Waals surface area contributed by atoms with Gasteiger partial charge in [0.1, 0.15) is 23.0 Å². The van der Waals surface area contributed by atoms with Crippen molar-refractivity contribution in [1.29, 1.82) is 0 Å². The normalized spacial score (nSPS) is 16.0. The largest absolute Gasteiger partial charge is 0.496 e. The molecular formula is C25H35ClN6O3Si. The summed E-state index contributed by atoms with van der Waals surface area (Å²) in [5.74, 6) is 1.51. The Labute approximate surface area is 217 Å². The molecule has 1 atom stereocenters. The lowest BCUT2D eigenvalue weighted by Gasteiger charge is -2.35. The predicted octanol–water partition coefficient (Wildman–Crippen LogP) is 4.90. The molecule has 1 unspecified atom stereocenters. The van der Waals surface area contributed by atoms with E-state index in [9.17, 15) is 9.59 Å². The van der Waals surface area contributed by atoms with Gasteiger partial charge in [-0.25, -0.2) is 9.97 Å². The molecule has 0 saturated carbocycles.